The average molecular weight is 686 g/mol. The maximum Gasteiger partial charge on any atom is 0.306 e. The molecule has 10 heteroatoms. The Balaban J connectivity index is 0. The maximum atomic E-state index is 12.4. The van der Waals surface area contributed by atoms with E-state index in [-0.39, 0.29) is 55.4 Å². The fourth-order valence-corrected chi connectivity index (χ4v) is 4.45. The van der Waals surface area contributed by atoms with Crippen molar-refractivity contribution in [1.82, 2.24) is 0 Å². The molecule has 0 aliphatic heterocycles. The van der Waals surface area contributed by atoms with Crippen LogP contribution in [0.2, 0.25) is 0 Å². The Labute approximate surface area is 259 Å². The Morgan fingerprint density at radius 3 is 1.23 bits per heavy atom. The molecule has 0 spiro atoms. The van der Waals surface area contributed by atoms with Crippen LogP contribution in [0.25, 0.3) is 0 Å². The summed E-state index contributed by atoms with van der Waals surface area (Å²) in [5.41, 5.74) is 0. The van der Waals surface area contributed by atoms with Gasteiger partial charge in [-0.05, 0) is 25.7 Å². The third-order valence-corrected chi connectivity index (χ3v) is 6.52. The SMILES string of the molecule is C[N+](C)(C)CC(COC(=O)CCCCCCCCCCC(=O)O)OC(=O)CCCCCCCCCCC(=O)O.[I-]. The second kappa shape index (κ2) is 26.5. The van der Waals surface area contributed by atoms with E-state index in [2.05, 4.69) is 0 Å². The normalized spacial score (nSPS) is 11.9. The van der Waals surface area contributed by atoms with Crippen LogP contribution < -0.4 is 24.0 Å². The van der Waals surface area contributed by atoms with Crippen LogP contribution in [0, 0.1) is 0 Å². The van der Waals surface area contributed by atoms with E-state index < -0.39 is 18.0 Å². The molecule has 0 aliphatic carbocycles. The number of hydrogen-bond acceptors (Lipinski definition) is 6. The lowest BCUT2D eigenvalue weighted by Gasteiger charge is -2.28. The predicted molar refractivity (Wildman–Crippen MR) is 151 cm³/mol. The highest BCUT2D eigenvalue weighted by Crippen LogP contribution is 2.13. The molecular formula is C30H56INO8. The van der Waals surface area contributed by atoms with Crippen LogP contribution in [-0.4, -0.2) is 79.0 Å². The number of quaternary nitrogens is 1. The smallest absolute Gasteiger partial charge is 0.306 e. The Morgan fingerprint density at radius 1 is 0.550 bits per heavy atom. The van der Waals surface area contributed by atoms with Gasteiger partial charge >= 0.3 is 23.9 Å². The van der Waals surface area contributed by atoms with Gasteiger partial charge in [-0.15, -0.1) is 0 Å². The summed E-state index contributed by atoms with van der Waals surface area (Å²) in [5.74, 6) is -1.97. The van der Waals surface area contributed by atoms with E-state index in [1.807, 2.05) is 21.1 Å². The van der Waals surface area contributed by atoms with Gasteiger partial charge < -0.3 is 48.1 Å². The number of aliphatic carboxylic acids is 2. The van der Waals surface area contributed by atoms with Crippen LogP contribution in [0.4, 0.5) is 0 Å². The van der Waals surface area contributed by atoms with Gasteiger partial charge in [-0.25, -0.2) is 0 Å². The summed E-state index contributed by atoms with van der Waals surface area (Å²) >= 11 is 0. The average Bonchev–Trinajstić information content (AvgIpc) is 2.83. The van der Waals surface area contributed by atoms with Crippen molar-refractivity contribution in [1.29, 1.82) is 0 Å². The third-order valence-electron chi connectivity index (χ3n) is 6.52. The number of carbonyl (C=O) groups is 4. The van der Waals surface area contributed by atoms with E-state index in [0.717, 1.165) is 103 Å². The second-order valence-electron chi connectivity index (χ2n) is 11.7. The fraction of sp³-hybridized carbons (Fsp3) is 0.867. The van der Waals surface area contributed by atoms with Crippen molar-refractivity contribution in [2.75, 3.05) is 34.3 Å². The topological polar surface area (TPSA) is 127 Å². The zero-order chi connectivity index (χ0) is 29.4. The lowest BCUT2D eigenvalue weighted by atomic mass is 10.1. The number of ether oxygens (including phenoxy) is 2. The molecule has 40 heavy (non-hydrogen) atoms. The molecule has 0 fully saturated rings. The van der Waals surface area contributed by atoms with Crippen LogP contribution in [0.1, 0.15) is 128 Å². The number of carbonyl (C=O) groups excluding carboxylic acids is 2. The Morgan fingerprint density at radius 2 is 0.875 bits per heavy atom. The molecule has 0 saturated carbocycles. The minimum absolute atomic E-state index is 0. The molecule has 0 heterocycles. The van der Waals surface area contributed by atoms with Crippen LogP contribution >= 0.6 is 0 Å². The van der Waals surface area contributed by atoms with E-state index in [9.17, 15) is 19.2 Å². The summed E-state index contributed by atoms with van der Waals surface area (Å²) in [6.45, 7) is 0.645. The van der Waals surface area contributed by atoms with Crippen molar-refractivity contribution in [2.45, 2.75) is 135 Å². The van der Waals surface area contributed by atoms with Crippen molar-refractivity contribution < 1.29 is 67.3 Å². The zero-order valence-electron chi connectivity index (χ0n) is 25.3. The van der Waals surface area contributed by atoms with Gasteiger partial charge in [-0.2, -0.15) is 0 Å². The van der Waals surface area contributed by atoms with Crippen molar-refractivity contribution in [3.05, 3.63) is 0 Å². The largest absolute Gasteiger partial charge is 1.00 e. The lowest BCUT2D eigenvalue weighted by Crippen LogP contribution is -3.00. The lowest BCUT2D eigenvalue weighted by molar-refractivity contribution is -0.873. The van der Waals surface area contributed by atoms with Crippen LogP contribution in [0.15, 0.2) is 0 Å². The summed E-state index contributed by atoms with van der Waals surface area (Å²) in [7, 11) is 6.03. The van der Waals surface area contributed by atoms with E-state index in [1.165, 1.54) is 0 Å². The van der Waals surface area contributed by atoms with Gasteiger partial charge in [-0.3, -0.25) is 19.2 Å². The molecule has 0 amide bonds. The van der Waals surface area contributed by atoms with Gasteiger partial charge in [0.1, 0.15) is 13.2 Å². The zero-order valence-corrected chi connectivity index (χ0v) is 27.5. The van der Waals surface area contributed by atoms with E-state index in [1.54, 1.807) is 0 Å². The summed E-state index contributed by atoms with van der Waals surface area (Å²) in [6.07, 6.45) is 16.2. The molecule has 2 N–H and O–H groups in total. The number of carboxylic acid groups (broad SMARTS) is 2. The molecular weight excluding hydrogens is 629 g/mol. The first-order valence-electron chi connectivity index (χ1n) is 15.1. The van der Waals surface area contributed by atoms with Gasteiger partial charge in [0.05, 0.1) is 21.1 Å². The predicted octanol–water partition coefficient (Wildman–Crippen LogP) is 3.12. The number of carboxylic acids is 2. The molecule has 0 bridgehead atoms. The van der Waals surface area contributed by atoms with Gasteiger partial charge in [0, 0.05) is 25.7 Å². The van der Waals surface area contributed by atoms with Crippen LogP contribution in [0.3, 0.4) is 0 Å². The summed E-state index contributed by atoms with van der Waals surface area (Å²) in [5, 5.41) is 17.3. The van der Waals surface area contributed by atoms with Crippen molar-refractivity contribution in [3.63, 3.8) is 0 Å². The second-order valence-corrected chi connectivity index (χ2v) is 11.7. The molecule has 0 aromatic rings. The molecule has 0 aromatic heterocycles. The van der Waals surface area contributed by atoms with Crippen LogP contribution in [-0.2, 0) is 28.7 Å². The summed E-state index contributed by atoms with van der Waals surface area (Å²) < 4.78 is 11.7. The molecule has 9 nitrogen and oxygen atoms in total. The first-order valence-corrected chi connectivity index (χ1v) is 15.1. The fourth-order valence-electron chi connectivity index (χ4n) is 4.45. The van der Waals surface area contributed by atoms with Gasteiger partial charge in [0.25, 0.3) is 0 Å². The molecule has 236 valence electrons. The van der Waals surface area contributed by atoms with Gasteiger partial charge in [0.15, 0.2) is 6.10 Å². The molecule has 0 saturated heterocycles. The quantitative estimate of drug-likeness (QED) is 0.0585. The highest BCUT2D eigenvalue weighted by Gasteiger charge is 2.23. The number of hydrogen-bond donors (Lipinski definition) is 2. The molecule has 0 aromatic carbocycles. The number of likely N-dealkylation sites (N-methyl/N-ethyl adjacent to an activating group) is 1. The molecule has 1 unspecified atom stereocenters. The van der Waals surface area contributed by atoms with Crippen molar-refractivity contribution in [3.8, 4) is 0 Å². The minimum Gasteiger partial charge on any atom is -1.00 e. The minimum atomic E-state index is -0.731. The van der Waals surface area contributed by atoms with E-state index >= 15 is 0 Å². The summed E-state index contributed by atoms with van der Waals surface area (Å²) in [4.78, 5) is 45.6. The standard InChI is InChI=1S/C30H55NO8.HI/c1-31(2,3)24-26(39-30(37)23-19-15-11-7-5-9-13-17-21-28(34)35)25-38-29(36)22-18-14-10-6-4-8-12-16-20-27(32)33;/h26H,4-25H2,1-3H3,(H-,32,33,34,35);1H. The number of rotatable bonds is 27. The van der Waals surface area contributed by atoms with Gasteiger partial charge in [0.2, 0.25) is 0 Å². The number of nitrogens with zero attached hydrogens (tertiary/aromatic N) is 1. The Kier molecular flexibility index (Phi) is 26.9. The highest BCUT2D eigenvalue weighted by molar-refractivity contribution is 5.70. The summed E-state index contributed by atoms with van der Waals surface area (Å²) in [6, 6.07) is 0. The third kappa shape index (κ3) is 31.1. The molecule has 0 rings (SSSR count). The number of halogens is 1. The van der Waals surface area contributed by atoms with Crippen molar-refractivity contribution >= 4 is 23.9 Å². The van der Waals surface area contributed by atoms with E-state index in [0.29, 0.717) is 23.9 Å². The number of unbranched alkanes of at least 4 members (excludes halogenated alkanes) is 14. The van der Waals surface area contributed by atoms with E-state index in [4.69, 9.17) is 19.7 Å². The first-order chi connectivity index (χ1) is 18.5. The first kappa shape index (κ1) is 40.7. The highest BCUT2D eigenvalue weighted by atomic mass is 127. The molecule has 1 atom stereocenters. The number of esters is 2. The van der Waals surface area contributed by atoms with Gasteiger partial charge in [-0.1, -0.05) is 77.0 Å². The Hall–Kier alpha value is -1.43. The maximum absolute atomic E-state index is 12.4. The molecule has 0 radical (unpaired) electrons. The monoisotopic (exact) mass is 685 g/mol. The van der Waals surface area contributed by atoms with Crippen LogP contribution in [0.5, 0.6) is 0 Å². The molecule has 0 aliphatic rings. The van der Waals surface area contributed by atoms with Crippen molar-refractivity contribution in [2.24, 2.45) is 0 Å². The Bertz CT molecular complexity index is 681.